The first-order valence-corrected chi connectivity index (χ1v) is 15.4. The third-order valence-corrected chi connectivity index (χ3v) is 7.81. The first-order chi connectivity index (χ1) is 21.3. The van der Waals surface area contributed by atoms with Crippen LogP contribution in [-0.4, -0.2) is 87.6 Å². The summed E-state index contributed by atoms with van der Waals surface area (Å²) in [5.74, 6) is -0.459. The molecule has 45 heavy (non-hydrogen) atoms. The molecule has 10 heteroatoms. The van der Waals surface area contributed by atoms with Crippen molar-refractivity contribution in [1.29, 1.82) is 0 Å². The van der Waals surface area contributed by atoms with E-state index in [4.69, 9.17) is 4.74 Å². The van der Waals surface area contributed by atoms with Crippen LogP contribution in [0.1, 0.15) is 51.3 Å². The van der Waals surface area contributed by atoms with Crippen molar-refractivity contribution in [2.24, 2.45) is 0 Å². The fourth-order valence-corrected chi connectivity index (χ4v) is 5.16. The maximum absolute atomic E-state index is 13.8. The molecule has 1 N–H and O–H groups in total. The number of carbonyl (C=O) groups is 3. The summed E-state index contributed by atoms with van der Waals surface area (Å²) in [5, 5.41) is 6.86. The number of hydrazine groups is 1. The van der Waals surface area contributed by atoms with Gasteiger partial charge in [-0.15, -0.1) is 0 Å². The maximum atomic E-state index is 13.8. The van der Waals surface area contributed by atoms with Crippen LogP contribution in [0.25, 0.3) is 11.1 Å². The number of likely N-dealkylation sites (N-methyl/N-ethyl adjacent to an activating group) is 1. The predicted octanol–water partition coefficient (Wildman–Crippen LogP) is 5.33. The molecule has 0 atom stereocenters. The Kier molecular flexibility index (Phi) is 10.8. The molecule has 3 aromatic rings. The Morgan fingerprint density at radius 3 is 2.24 bits per heavy atom. The van der Waals surface area contributed by atoms with Crippen LogP contribution >= 0.6 is 0 Å². The van der Waals surface area contributed by atoms with Gasteiger partial charge in [0.05, 0.1) is 6.54 Å². The number of benzene rings is 2. The minimum absolute atomic E-state index is 0.0163. The number of hydrogen-bond donors (Lipinski definition) is 1. The molecule has 0 fully saturated rings. The molecule has 1 aromatic heterocycles. The van der Waals surface area contributed by atoms with Crippen LogP contribution in [-0.2, 0) is 27.4 Å². The monoisotopic (exact) mass is 614 g/mol. The molecular formula is C35H46N6O4. The highest BCUT2D eigenvalue weighted by Crippen LogP contribution is 2.25. The molecule has 0 bridgehead atoms. The molecule has 1 aliphatic rings. The summed E-state index contributed by atoms with van der Waals surface area (Å²) in [7, 11) is 1.74. The van der Waals surface area contributed by atoms with E-state index in [1.165, 1.54) is 16.0 Å². The van der Waals surface area contributed by atoms with E-state index in [1.807, 2.05) is 89.0 Å². The standard InChI is InChI=1S/C35H46N6O4/c1-25(2)41(34(44)45-35(4,5)6)18-17-39(24-33(43)38(7)40-22-29-11-8-9-12-30(29)23-40)32(42)21-37-31-19-27(15-14-26(31)3)28-13-10-16-36-20-28/h8-16,19-20,25,37H,17-18,21-24H2,1-7H3. The second kappa shape index (κ2) is 14.6. The largest absolute Gasteiger partial charge is 0.444 e. The molecule has 240 valence electrons. The number of nitrogens with zero attached hydrogens (tertiary/aromatic N) is 5. The Morgan fingerprint density at radius 1 is 0.956 bits per heavy atom. The lowest BCUT2D eigenvalue weighted by Gasteiger charge is -2.33. The molecular weight excluding hydrogens is 568 g/mol. The van der Waals surface area contributed by atoms with Crippen molar-refractivity contribution >= 4 is 23.6 Å². The number of aromatic nitrogens is 1. The van der Waals surface area contributed by atoms with Crippen molar-refractivity contribution in [2.75, 3.05) is 38.5 Å². The highest BCUT2D eigenvalue weighted by Gasteiger charge is 2.29. The molecule has 0 saturated heterocycles. The van der Waals surface area contributed by atoms with E-state index in [-0.39, 0.29) is 44.0 Å². The second-order valence-electron chi connectivity index (χ2n) is 12.7. The van der Waals surface area contributed by atoms with Gasteiger partial charge < -0.3 is 19.9 Å². The average Bonchev–Trinajstić information content (AvgIpc) is 3.43. The molecule has 0 aliphatic carbocycles. The molecule has 1 aliphatic heterocycles. The van der Waals surface area contributed by atoms with Gasteiger partial charge in [0, 0.05) is 62.9 Å². The van der Waals surface area contributed by atoms with Gasteiger partial charge in [-0.3, -0.25) is 19.6 Å². The van der Waals surface area contributed by atoms with E-state index in [1.54, 1.807) is 29.4 Å². The Morgan fingerprint density at radius 2 is 1.64 bits per heavy atom. The van der Waals surface area contributed by atoms with E-state index < -0.39 is 11.7 Å². The number of carbonyl (C=O) groups excluding carboxylic acids is 3. The molecule has 4 rings (SSSR count). The molecule has 0 unspecified atom stereocenters. The number of rotatable bonds is 11. The molecule has 0 spiro atoms. The van der Waals surface area contributed by atoms with Crippen LogP contribution in [0, 0.1) is 6.92 Å². The smallest absolute Gasteiger partial charge is 0.410 e. The van der Waals surface area contributed by atoms with Gasteiger partial charge in [-0.25, -0.2) is 9.80 Å². The zero-order valence-electron chi connectivity index (χ0n) is 27.5. The van der Waals surface area contributed by atoms with Gasteiger partial charge in [0.1, 0.15) is 12.1 Å². The van der Waals surface area contributed by atoms with Crippen molar-refractivity contribution < 1.29 is 19.1 Å². The van der Waals surface area contributed by atoms with Crippen LogP contribution in [0.5, 0.6) is 0 Å². The van der Waals surface area contributed by atoms with Crippen LogP contribution in [0.2, 0.25) is 0 Å². The molecule has 2 heterocycles. The third-order valence-electron chi connectivity index (χ3n) is 7.81. The van der Waals surface area contributed by atoms with Gasteiger partial charge in [-0.05, 0) is 75.9 Å². The Labute approximate surface area is 266 Å². The zero-order chi connectivity index (χ0) is 32.7. The average molecular weight is 615 g/mol. The van der Waals surface area contributed by atoms with Crippen LogP contribution in [0.15, 0.2) is 67.0 Å². The van der Waals surface area contributed by atoms with Gasteiger partial charge >= 0.3 is 6.09 Å². The quantitative estimate of drug-likeness (QED) is 0.312. The van der Waals surface area contributed by atoms with Crippen LogP contribution in [0.3, 0.4) is 0 Å². The Bertz CT molecular complexity index is 1460. The van der Waals surface area contributed by atoms with E-state index in [2.05, 4.69) is 22.4 Å². The lowest BCUT2D eigenvalue weighted by Crippen LogP contribution is -2.51. The fourth-order valence-electron chi connectivity index (χ4n) is 5.16. The van der Waals surface area contributed by atoms with E-state index in [0.717, 1.165) is 22.4 Å². The number of fused-ring (bicyclic) bond motifs is 1. The SMILES string of the molecule is Cc1ccc(-c2cccnc2)cc1NCC(=O)N(CCN(C(=O)OC(C)(C)C)C(C)C)CC(=O)N(C)N1Cc2ccccc2C1. The summed E-state index contributed by atoms with van der Waals surface area (Å²) >= 11 is 0. The van der Waals surface area contributed by atoms with Crippen molar-refractivity contribution in [2.45, 2.75) is 66.3 Å². The number of ether oxygens (including phenoxy) is 1. The van der Waals surface area contributed by atoms with Gasteiger partial charge in [-0.1, -0.05) is 42.5 Å². The summed E-state index contributed by atoms with van der Waals surface area (Å²) in [6, 6.07) is 17.9. The topological polar surface area (TPSA) is 98.3 Å². The highest BCUT2D eigenvalue weighted by molar-refractivity contribution is 5.87. The lowest BCUT2D eigenvalue weighted by molar-refractivity contribution is -0.151. The second-order valence-corrected chi connectivity index (χ2v) is 12.7. The summed E-state index contributed by atoms with van der Waals surface area (Å²) in [5.41, 5.74) is 5.47. The summed E-state index contributed by atoms with van der Waals surface area (Å²) in [6.45, 7) is 12.7. The molecule has 0 saturated carbocycles. The Hall–Kier alpha value is -4.44. The van der Waals surface area contributed by atoms with Gasteiger partial charge in [0.15, 0.2) is 0 Å². The lowest BCUT2D eigenvalue weighted by atomic mass is 10.0. The maximum Gasteiger partial charge on any atom is 0.410 e. The fraction of sp³-hybridized carbons (Fsp3) is 0.429. The highest BCUT2D eigenvalue weighted by atomic mass is 16.6. The molecule has 2 aromatic carbocycles. The number of amides is 3. The van der Waals surface area contributed by atoms with Crippen LogP contribution < -0.4 is 5.32 Å². The zero-order valence-corrected chi connectivity index (χ0v) is 27.5. The summed E-state index contributed by atoms with van der Waals surface area (Å²) in [4.78, 5) is 47.7. The van der Waals surface area contributed by atoms with Crippen molar-refractivity contribution in [1.82, 2.24) is 24.8 Å². The number of aryl methyl sites for hydroxylation is 1. The minimum atomic E-state index is -0.655. The summed E-state index contributed by atoms with van der Waals surface area (Å²) < 4.78 is 5.62. The van der Waals surface area contributed by atoms with Gasteiger partial charge in [0.25, 0.3) is 5.91 Å². The minimum Gasteiger partial charge on any atom is -0.444 e. The van der Waals surface area contributed by atoms with E-state index in [0.29, 0.717) is 13.1 Å². The van der Waals surface area contributed by atoms with Gasteiger partial charge in [0.2, 0.25) is 5.91 Å². The predicted molar refractivity (Wildman–Crippen MR) is 176 cm³/mol. The molecule has 10 nitrogen and oxygen atoms in total. The first-order valence-electron chi connectivity index (χ1n) is 15.4. The number of anilines is 1. The van der Waals surface area contributed by atoms with Gasteiger partial charge in [-0.2, -0.15) is 0 Å². The molecule has 3 amide bonds. The number of pyridine rings is 1. The van der Waals surface area contributed by atoms with Crippen molar-refractivity contribution in [3.8, 4) is 11.1 Å². The first kappa shape index (κ1) is 33.5. The van der Waals surface area contributed by atoms with Crippen molar-refractivity contribution in [3.05, 3.63) is 83.7 Å². The van der Waals surface area contributed by atoms with Crippen molar-refractivity contribution in [3.63, 3.8) is 0 Å². The normalized spacial score (nSPS) is 12.9. The van der Waals surface area contributed by atoms with E-state index in [9.17, 15) is 14.4 Å². The van der Waals surface area contributed by atoms with E-state index >= 15 is 0 Å². The Balaban J connectivity index is 1.48. The number of hydrogen-bond acceptors (Lipinski definition) is 7. The molecule has 0 radical (unpaired) electrons. The summed E-state index contributed by atoms with van der Waals surface area (Å²) in [6.07, 6.45) is 3.08. The van der Waals surface area contributed by atoms with Crippen LogP contribution in [0.4, 0.5) is 10.5 Å². The number of nitrogens with one attached hydrogen (secondary N) is 1. The third kappa shape index (κ3) is 9.04.